The summed E-state index contributed by atoms with van der Waals surface area (Å²) < 4.78 is 3.94. The molecule has 6 heteroatoms. The molecule has 0 aromatic carbocycles. The van der Waals surface area contributed by atoms with Gasteiger partial charge in [0, 0.05) is 20.0 Å². The van der Waals surface area contributed by atoms with Crippen molar-refractivity contribution >= 4 is 0 Å². The van der Waals surface area contributed by atoms with Crippen molar-refractivity contribution in [1.29, 1.82) is 0 Å². The van der Waals surface area contributed by atoms with Gasteiger partial charge in [-0.2, -0.15) is 10.2 Å². The van der Waals surface area contributed by atoms with Crippen LogP contribution in [-0.2, 0) is 26.4 Å². The van der Waals surface area contributed by atoms with Crippen LogP contribution in [0.2, 0.25) is 0 Å². The van der Waals surface area contributed by atoms with Crippen LogP contribution in [0, 0.1) is 0 Å². The van der Waals surface area contributed by atoms with E-state index >= 15 is 0 Å². The van der Waals surface area contributed by atoms with Crippen LogP contribution >= 0.6 is 0 Å². The molecule has 0 amide bonds. The van der Waals surface area contributed by atoms with Crippen molar-refractivity contribution in [3.63, 3.8) is 0 Å². The molecule has 0 aliphatic heterocycles. The highest BCUT2D eigenvalue weighted by molar-refractivity contribution is 5.16. The molecule has 21 heavy (non-hydrogen) atoms. The molecule has 2 heterocycles. The molecule has 0 radical (unpaired) electrons. The Morgan fingerprint density at radius 3 is 2.67 bits per heavy atom. The fraction of sp³-hybridized carbons (Fsp3) is 0.667. The molecule has 2 rings (SSSR count). The van der Waals surface area contributed by atoms with Crippen molar-refractivity contribution in [3.8, 4) is 0 Å². The van der Waals surface area contributed by atoms with Crippen LogP contribution in [0.15, 0.2) is 12.4 Å². The molecule has 0 saturated heterocycles. The molecule has 0 fully saturated rings. The third-order valence-corrected chi connectivity index (χ3v) is 3.71. The van der Waals surface area contributed by atoms with E-state index in [1.807, 2.05) is 11.7 Å². The van der Waals surface area contributed by atoms with E-state index in [-0.39, 0.29) is 6.04 Å². The number of nitrogens with zero attached hydrogens (tertiary/aromatic N) is 5. The molecular weight excluding hydrogens is 264 g/mol. The Balaban J connectivity index is 2.26. The van der Waals surface area contributed by atoms with Crippen LogP contribution in [-0.4, -0.2) is 31.1 Å². The van der Waals surface area contributed by atoms with Crippen molar-refractivity contribution in [2.75, 3.05) is 6.54 Å². The summed E-state index contributed by atoms with van der Waals surface area (Å²) in [7, 11) is 1.94. The molecule has 1 N–H and O–H groups in total. The normalized spacial score (nSPS) is 12.8. The maximum atomic E-state index is 4.66. The Bertz CT molecular complexity index is 556. The van der Waals surface area contributed by atoms with Gasteiger partial charge in [-0.15, -0.1) is 0 Å². The number of nitrogens with one attached hydrogen (secondary N) is 1. The molecule has 2 aromatic rings. The lowest BCUT2D eigenvalue weighted by Gasteiger charge is -2.19. The molecule has 0 bridgehead atoms. The molecule has 0 aliphatic rings. The summed E-state index contributed by atoms with van der Waals surface area (Å²) in [5.74, 6) is 0.991. The topological polar surface area (TPSA) is 60.6 Å². The van der Waals surface area contributed by atoms with Crippen LogP contribution in [0.5, 0.6) is 0 Å². The van der Waals surface area contributed by atoms with Crippen molar-refractivity contribution in [1.82, 2.24) is 29.9 Å². The lowest BCUT2D eigenvalue weighted by molar-refractivity contribution is 0.463. The first-order chi connectivity index (χ1) is 10.2. The Labute approximate surface area is 126 Å². The van der Waals surface area contributed by atoms with E-state index in [9.17, 15) is 0 Å². The number of aryl methyl sites for hydroxylation is 3. The summed E-state index contributed by atoms with van der Waals surface area (Å²) in [5, 5.41) is 12.4. The van der Waals surface area contributed by atoms with Gasteiger partial charge in [-0.1, -0.05) is 13.8 Å². The van der Waals surface area contributed by atoms with Gasteiger partial charge in [-0.05, 0) is 32.4 Å². The van der Waals surface area contributed by atoms with Gasteiger partial charge in [-0.25, -0.2) is 4.98 Å². The maximum Gasteiger partial charge on any atom is 0.138 e. The number of hydrogen-bond acceptors (Lipinski definition) is 4. The second kappa shape index (κ2) is 7.36. The lowest BCUT2D eigenvalue weighted by Crippen LogP contribution is -2.27. The second-order valence-electron chi connectivity index (χ2n) is 5.24. The first-order valence-electron chi connectivity index (χ1n) is 7.82. The summed E-state index contributed by atoms with van der Waals surface area (Å²) in [6.45, 7) is 8.33. The zero-order chi connectivity index (χ0) is 15.2. The average molecular weight is 290 g/mol. The predicted octanol–water partition coefficient (Wildman–Crippen LogP) is 1.88. The van der Waals surface area contributed by atoms with Gasteiger partial charge >= 0.3 is 0 Å². The van der Waals surface area contributed by atoms with E-state index < -0.39 is 0 Å². The summed E-state index contributed by atoms with van der Waals surface area (Å²) >= 11 is 0. The molecule has 1 unspecified atom stereocenters. The van der Waals surface area contributed by atoms with Gasteiger partial charge in [0.2, 0.25) is 0 Å². The molecule has 0 spiro atoms. The molecule has 2 aromatic heterocycles. The van der Waals surface area contributed by atoms with E-state index in [2.05, 4.69) is 52.0 Å². The molecule has 6 nitrogen and oxygen atoms in total. The van der Waals surface area contributed by atoms with E-state index in [0.29, 0.717) is 0 Å². The molecular formula is C15H26N6. The second-order valence-corrected chi connectivity index (χ2v) is 5.24. The Morgan fingerprint density at radius 2 is 2.10 bits per heavy atom. The quantitative estimate of drug-likeness (QED) is 0.806. The Hall–Kier alpha value is -1.69. The first-order valence-corrected chi connectivity index (χ1v) is 7.82. The van der Waals surface area contributed by atoms with Gasteiger partial charge in [-0.3, -0.25) is 9.36 Å². The van der Waals surface area contributed by atoms with Crippen LogP contribution in [0.1, 0.15) is 50.4 Å². The third kappa shape index (κ3) is 3.69. The highest BCUT2D eigenvalue weighted by atomic mass is 15.3. The fourth-order valence-electron chi connectivity index (χ4n) is 2.48. The SMILES string of the molecule is CCCNC(Cc1ncnn1C)c1cc(CC)nn1CC. The van der Waals surface area contributed by atoms with Gasteiger partial charge in [0.25, 0.3) is 0 Å². The van der Waals surface area contributed by atoms with Crippen molar-refractivity contribution in [2.45, 2.75) is 52.6 Å². The largest absolute Gasteiger partial charge is 0.308 e. The van der Waals surface area contributed by atoms with E-state index in [4.69, 9.17) is 0 Å². The lowest BCUT2D eigenvalue weighted by atomic mass is 10.1. The Morgan fingerprint density at radius 1 is 1.29 bits per heavy atom. The third-order valence-electron chi connectivity index (χ3n) is 3.71. The zero-order valence-corrected chi connectivity index (χ0v) is 13.5. The van der Waals surface area contributed by atoms with Crippen LogP contribution in [0.25, 0.3) is 0 Å². The zero-order valence-electron chi connectivity index (χ0n) is 13.5. The minimum Gasteiger partial charge on any atom is -0.308 e. The maximum absolute atomic E-state index is 4.66. The highest BCUT2D eigenvalue weighted by Crippen LogP contribution is 2.19. The molecule has 0 aliphatic carbocycles. The summed E-state index contributed by atoms with van der Waals surface area (Å²) in [6.07, 6.45) is 4.51. The van der Waals surface area contributed by atoms with Crippen molar-refractivity contribution in [2.24, 2.45) is 7.05 Å². The van der Waals surface area contributed by atoms with E-state index in [1.165, 1.54) is 5.69 Å². The molecule has 1 atom stereocenters. The predicted molar refractivity (Wildman–Crippen MR) is 83.0 cm³/mol. The average Bonchev–Trinajstić information content (AvgIpc) is 3.09. The van der Waals surface area contributed by atoms with Gasteiger partial charge in [0.15, 0.2) is 0 Å². The van der Waals surface area contributed by atoms with Crippen LogP contribution in [0.3, 0.4) is 0 Å². The number of rotatable bonds is 8. The summed E-state index contributed by atoms with van der Waals surface area (Å²) in [4.78, 5) is 4.35. The number of hydrogen-bond donors (Lipinski definition) is 1. The fourth-order valence-corrected chi connectivity index (χ4v) is 2.48. The van der Waals surface area contributed by atoms with Gasteiger partial charge < -0.3 is 5.32 Å². The first kappa shape index (κ1) is 15.7. The van der Waals surface area contributed by atoms with Crippen molar-refractivity contribution in [3.05, 3.63) is 29.6 Å². The van der Waals surface area contributed by atoms with E-state index in [0.717, 1.165) is 43.9 Å². The van der Waals surface area contributed by atoms with Crippen LogP contribution in [0.4, 0.5) is 0 Å². The van der Waals surface area contributed by atoms with E-state index in [1.54, 1.807) is 6.33 Å². The smallest absolute Gasteiger partial charge is 0.138 e. The minimum absolute atomic E-state index is 0.223. The minimum atomic E-state index is 0.223. The molecule has 0 saturated carbocycles. The highest BCUT2D eigenvalue weighted by Gasteiger charge is 2.19. The van der Waals surface area contributed by atoms with Crippen molar-refractivity contribution < 1.29 is 0 Å². The monoisotopic (exact) mass is 290 g/mol. The summed E-state index contributed by atoms with van der Waals surface area (Å²) in [5.41, 5.74) is 2.39. The summed E-state index contributed by atoms with van der Waals surface area (Å²) in [6, 6.07) is 2.44. The molecule has 116 valence electrons. The van der Waals surface area contributed by atoms with Gasteiger partial charge in [0.1, 0.15) is 12.2 Å². The standard InChI is InChI=1S/C15H26N6/c1-5-8-16-13(10-15-17-11-18-20(15)4)14-9-12(6-2)19-21(14)7-3/h9,11,13,16H,5-8,10H2,1-4H3. The number of aromatic nitrogens is 5. The van der Waals surface area contributed by atoms with Crippen LogP contribution < -0.4 is 5.32 Å². The van der Waals surface area contributed by atoms with Gasteiger partial charge in [0.05, 0.1) is 17.4 Å². The Kier molecular flexibility index (Phi) is 5.50.